The molecule has 1 heterocycles. The predicted molar refractivity (Wildman–Crippen MR) is 76.0 cm³/mol. The van der Waals surface area contributed by atoms with Crippen molar-refractivity contribution >= 4 is 11.3 Å². The number of nitrogens with zero attached hydrogens (tertiary/aromatic N) is 2. The summed E-state index contributed by atoms with van der Waals surface area (Å²) in [6, 6.07) is 0. The second-order valence-corrected chi connectivity index (χ2v) is 6.40. The molecule has 5 heteroatoms. The van der Waals surface area contributed by atoms with Crippen LogP contribution in [-0.2, 0) is 6.54 Å². The third-order valence-electron chi connectivity index (χ3n) is 2.43. The third-order valence-corrected chi connectivity index (χ3v) is 3.26. The van der Waals surface area contributed by atoms with Gasteiger partial charge >= 0.3 is 0 Å². The molecule has 0 saturated heterocycles. The molecule has 0 aliphatic heterocycles. The van der Waals surface area contributed by atoms with Crippen molar-refractivity contribution in [1.29, 1.82) is 0 Å². The average Bonchev–Trinajstić information content (AvgIpc) is 2.72. The lowest BCUT2D eigenvalue weighted by Crippen LogP contribution is -2.18. The van der Waals surface area contributed by atoms with E-state index in [1.807, 2.05) is 0 Å². The summed E-state index contributed by atoms with van der Waals surface area (Å²) in [5.74, 6) is 1.39. The first-order chi connectivity index (χ1) is 8.58. The Morgan fingerprint density at radius 3 is 2.61 bits per heavy atom. The second kappa shape index (κ2) is 8.43. The zero-order valence-electron chi connectivity index (χ0n) is 11.9. The van der Waals surface area contributed by atoms with Gasteiger partial charge in [0.05, 0.1) is 6.61 Å². The number of nitrogens with one attached hydrogen (secondary N) is 1. The van der Waals surface area contributed by atoms with Gasteiger partial charge in [0.2, 0.25) is 0 Å². The molecule has 4 nitrogen and oxygen atoms in total. The molecule has 0 saturated carbocycles. The number of hydrogen-bond donors (Lipinski definition) is 1. The van der Waals surface area contributed by atoms with Crippen LogP contribution >= 0.6 is 11.3 Å². The van der Waals surface area contributed by atoms with Gasteiger partial charge in [-0.05, 0) is 31.2 Å². The number of rotatable bonds is 9. The smallest absolute Gasteiger partial charge is 0.294 e. The van der Waals surface area contributed by atoms with Gasteiger partial charge in [-0.2, -0.15) is 0 Å². The molecule has 18 heavy (non-hydrogen) atoms. The van der Waals surface area contributed by atoms with E-state index < -0.39 is 0 Å². The molecule has 0 aliphatic rings. The van der Waals surface area contributed by atoms with E-state index in [2.05, 4.69) is 43.2 Å². The van der Waals surface area contributed by atoms with E-state index in [-0.39, 0.29) is 0 Å². The summed E-state index contributed by atoms with van der Waals surface area (Å²) in [6.07, 6.45) is 2.28. The lowest BCUT2D eigenvalue weighted by molar-refractivity contribution is 0.294. The van der Waals surface area contributed by atoms with Crippen molar-refractivity contribution in [3.8, 4) is 5.19 Å². The molecule has 0 bridgehead atoms. The zero-order chi connectivity index (χ0) is 13.4. The van der Waals surface area contributed by atoms with Crippen molar-refractivity contribution in [3.05, 3.63) is 5.01 Å². The van der Waals surface area contributed by atoms with Crippen molar-refractivity contribution in [2.45, 2.75) is 47.1 Å². The normalized spacial score (nSPS) is 11.4. The maximum atomic E-state index is 5.58. The number of hydrogen-bond acceptors (Lipinski definition) is 5. The Labute approximate surface area is 114 Å². The lowest BCUT2D eigenvalue weighted by atomic mass is 10.1. The first kappa shape index (κ1) is 15.4. The molecule has 0 spiro atoms. The fourth-order valence-electron chi connectivity index (χ4n) is 1.49. The van der Waals surface area contributed by atoms with E-state index in [9.17, 15) is 0 Å². The highest BCUT2D eigenvalue weighted by molar-refractivity contribution is 7.13. The number of ether oxygens (including phenoxy) is 1. The average molecular weight is 271 g/mol. The zero-order valence-corrected chi connectivity index (χ0v) is 12.7. The van der Waals surface area contributed by atoms with E-state index in [0.717, 1.165) is 37.0 Å². The summed E-state index contributed by atoms with van der Waals surface area (Å²) >= 11 is 1.54. The Kier molecular flexibility index (Phi) is 7.20. The molecule has 1 aromatic heterocycles. The Bertz CT molecular complexity index is 326. The molecule has 0 aliphatic carbocycles. The van der Waals surface area contributed by atoms with Gasteiger partial charge in [-0.1, -0.05) is 39.0 Å². The maximum Gasteiger partial charge on any atom is 0.294 e. The molecular weight excluding hydrogens is 246 g/mol. The van der Waals surface area contributed by atoms with Gasteiger partial charge < -0.3 is 10.1 Å². The molecule has 0 unspecified atom stereocenters. The molecule has 0 amide bonds. The highest BCUT2D eigenvalue weighted by atomic mass is 32.1. The fourth-order valence-corrected chi connectivity index (χ4v) is 2.17. The van der Waals surface area contributed by atoms with E-state index in [1.54, 1.807) is 0 Å². The Morgan fingerprint density at radius 1 is 1.17 bits per heavy atom. The summed E-state index contributed by atoms with van der Waals surface area (Å²) in [6.45, 7) is 11.4. The largest absolute Gasteiger partial charge is 0.469 e. The minimum absolute atomic E-state index is 0.657. The van der Waals surface area contributed by atoms with Crippen LogP contribution in [0, 0.1) is 11.8 Å². The molecule has 1 aromatic rings. The first-order valence-corrected chi connectivity index (χ1v) is 7.55. The summed E-state index contributed by atoms with van der Waals surface area (Å²) in [4.78, 5) is 0. The fraction of sp³-hybridized carbons (Fsp3) is 0.846. The predicted octanol–water partition coefficient (Wildman–Crippen LogP) is 3.10. The van der Waals surface area contributed by atoms with Gasteiger partial charge in [0.15, 0.2) is 0 Å². The SMILES string of the molecule is CC(C)CCCOc1nnc(CNCC(C)C)s1. The van der Waals surface area contributed by atoms with Gasteiger partial charge in [0, 0.05) is 6.54 Å². The monoisotopic (exact) mass is 271 g/mol. The highest BCUT2D eigenvalue weighted by Crippen LogP contribution is 2.18. The Balaban J connectivity index is 2.17. The Hall–Kier alpha value is -0.680. The summed E-state index contributed by atoms with van der Waals surface area (Å²) in [5.41, 5.74) is 0. The van der Waals surface area contributed by atoms with Crippen LogP contribution in [0.5, 0.6) is 5.19 Å². The van der Waals surface area contributed by atoms with E-state index in [4.69, 9.17) is 4.74 Å². The van der Waals surface area contributed by atoms with Crippen LogP contribution in [0.15, 0.2) is 0 Å². The molecule has 0 radical (unpaired) electrons. The molecule has 104 valence electrons. The minimum Gasteiger partial charge on any atom is -0.469 e. The highest BCUT2D eigenvalue weighted by Gasteiger charge is 2.05. The quantitative estimate of drug-likeness (QED) is 0.701. The third kappa shape index (κ3) is 6.91. The first-order valence-electron chi connectivity index (χ1n) is 6.73. The van der Waals surface area contributed by atoms with Crippen LogP contribution in [0.25, 0.3) is 0 Å². The van der Waals surface area contributed by atoms with Gasteiger partial charge in [0.25, 0.3) is 5.19 Å². The van der Waals surface area contributed by atoms with Crippen LogP contribution in [-0.4, -0.2) is 23.3 Å². The second-order valence-electron chi connectivity index (χ2n) is 5.37. The van der Waals surface area contributed by atoms with Gasteiger partial charge in [-0.3, -0.25) is 0 Å². The molecule has 0 aromatic carbocycles. The van der Waals surface area contributed by atoms with Crippen LogP contribution in [0.3, 0.4) is 0 Å². The van der Waals surface area contributed by atoms with Gasteiger partial charge in [-0.15, -0.1) is 10.2 Å². The van der Waals surface area contributed by atoms with Crippen LogP contribution in [0.1, 0.15) is 45.5 Å². The maximum absolute atomic E-state index is 5.58. The summed E-state index contributed by atoms with van der Waals surface area (Å²) in [5, 5.41) is 13.2. The lowest BCUT2D eigenvalue weighted by Gasteiger charge is -2.04. The van der Waals surface area contributed by atoms with Crippen molar-refractivity contribution in [2.75, 3.05) is 13.2 Å². The van der Waals surface area contributed by atoms with Gasteiger partial charge in [0.1, 0.15) is 5.01 Å². The molecule has 1 rings (SSSR count). The number of aromatic nitrogens is 2. The minimum atomic E-state index is 0.657. The van der Waals surface area contributed by atoms with Crippen molar-refractivity contribution in [1.82, 2.24) is 15.5 Å². The summed E-state index contributed by atoms with van der Waals surface area (Å²) < 4.78 is 5.58. The van der Waals surface area contributed by atoms with Crippen molar-refractivity contribution in [3.63, 3.8) is 0 Å². The standard InChI is InChI=1S/C13H25N3OS/c1-10(2)6-5-7-17-13-16-15-12(18-13)9-14-8-11(3)4/h10-11,14H,5-9H2,1-4H3. The topological polar surface area (TPSA) is 47.0 Å². The van der Waals surface area contributed by atoms with Crippen LogP contribution in [0.4, 0.5) is 0 Å². The Morgan fingerprint density at radius 2 is 1.94 bits per heavy atom. The van der Waals surface area contributed by atoms with Gasteiger partial charge in [-0.25, -0.2) is 0 Å². The van der Waals surface area contributed by atoms with Crippen LogP contribution < -0.4 is 10.1 Å². The molecule has 0 atom stereocenters. The molecular formula is C13H25N3OS. The van der Waals surface area contributed by atoms with Crippen molar-refractivity contribution in [2.24, 2.45) is 11.8 Å². The summed E-state index contributed by atoms with van der Waals surface area (Å²) in [7, 11) is 0. The van der Waals surface area contributed by atoms with Crippen LogP contribution in [0.2, 0.25) is 0 Å². The van der Waals surface area contributed by atoms with E-state index in [0.29, 0.717) is 11.1 Å². The molecule has 1 N–H and O–H groups in total. The van der Waals surface area contributed by atoms with Crippen molar-refractivity contribution < 1.29 is 4.74 Å². The van der Waals surface area contributed by atoms with E-state index >= 15 is 0 Å². The molecule has 0 fully saturated rings. The van der Waals surface area contributed by atoms with E-state index in [1.165, 1.54) is 17.8 Å².